The van der Waals surface area contributed by atoms with E-state index in [0.29, 0.717) is 11.4 Å². The Hall–Kier alpha value is -4.21. The number of benzene rings is 2. The van der Waals surface area contributed by atoms with Crippen molar-refractivity contribution in [3.05, 3.63) is 76.4 Å². The van der Waals surface area contributed by atoms with Crippen LogP contribution >= 0.6 is 0 Å². The van der Waals surface area contributed by atoms with Crippen molar-refractivity contribution in [2.24, 2.45) is 0 Å². The van der Waals surface area contributed by atoms with E-state index in [1.54, 1.807) is 30.3 Å². The van der Waals surface area contributed by atoms with Crippen molar-refractivity contribution in [1.82, 2.24) is 9.97 Å². The minimum atomic E-state index is -0.739. The van der Waals surface area contributed by atoms with Gasteiger partial charge in [0.25, 0.3) is 17.5 Å². The van der Waals surface area contributed by atoms with Crippen LogP contribution in [0.25, 0.3) is 0 Å². The van der Waals surface area contributed by atoms with Crippen LogP contribution in [0.5, 0.6) is 5.75 Å². The molecule has 0 spiro atoms. The molecule has 0 radical (unpaired) electrons. The van der Waals surface area contributed by atoms with E-state index in [2.05, 4.69) is 20.6 Å². The second-order valence-electron chi connectivity index (χ2n) is 5.51. The normalized spacial score (nSPS) is 10.2. The van der Waals surface area contributed by atoms with Gasteiger partial charge in [-0.2, -0.15) is 0 Å². The van der Waals surface area contributed by atoms with Gasteiger partial charge in [-0.3, -0.25) is 19.7 Å². The van der Waals surface area contributed by atoms with E-state index >= 15 is 0 Å². The molecule has 0 saturated carbocycles. The van der Waals surface area contributed by atoms with Crippen LogP contribution in [0.15, 0.2) is 54.9 Å². The van der Waals surface area contributed by atoms with Gasteiger partial charge in [0.15, 0.2) is 5.69 Å². The number of hydrogen-bond donors (Lipinski definition) is 3. The highest BCUT2D eigenvalue weighted by molar-refractivity contribution is 6.14. The molecule has 0 atom stereocenters. The average molecular weight is 381 g/mol. The number of nitrogens with one attached hydrogen (secondary N) is 3. The lowest BCUT2D eigenvalue weighted by atomic mass is 10.2. The van der Waals surface area contributed by atoms with Gasteiger partial charge < -0.3 is 20.4 Å². The number of aromatic nitrogens is 2. The number of amides is 2. The molecule has 1 aromatic heterocycles. The van der Waals surface area contributed by atoms with Crippen molar-refractivity contribution in [2.75, 3.05) is 17.7 Å². The van der Waals surface area contributed by atoms with Gasteiger partial charge in [-0.15, -0.1) is 0 Å². The van der Waals surface area contributed by atoms with Crippen molar-refractivity contribution in [3.63, 3.8) is 0 Å². The van der Waals surface area contributed by atoms with E-state index in [9.17, 15) is 19.7 Å². The van der Waals surface area contributed by atoms with Gasteiger partial charge in [-0.05, 0) is 18.2 Å². The van der Waals surface area contributed by atoms with Crippen molar-refractivity contribution in [3.8, 4) is 5.75 Å². The summed E-state index contributed by atoms with van der Waals surface area (Å²) >= 11 is 0. The predicted octanol–water partition coefficient (Wildman–Crippen LogP) is 2.83. The number of imidazole rings is 1. The predicted molar refractivity (Wildman–Crippen MR) is 101 cm³/mol. The topological polar surface area (TPSA) is 139 Å². The highest BCUT2D eigenvalue weighted by Gasteiger charge is 2.23. The molecule has 28 heavy (non-hydrogen) atoms. The lowest BCUT2D eigenvalue weighted by molar-refractivity contribution is -0.383. The first-order valence-corrected chi connectivity index (χ1v) is 8.03. The van der Waals surface area contributed by atoms with Crippen LogP contribution in [0.4, 0.5) is 17.1 Å². The van der Waals surface area contributed by atoms with E-state index in [4.69, 9.17) is 4.74 Å². The maximum Gasteiger partial charge on any atom is 0.292 e. The Morgan fingerprint density at radius 2 is 1.68 bits per heavy atom. The number of para-hydroxylation sites is 4. The third-order valence-electron chi connectivity index (χ3n) is 3.79. The van der Waals surface area contributed by atoms with Gasteiger partial charge in [0.1, 0.15) is 17.1 Å². The van der Waals surface area contributed by atoms with E-state index in [1.165, 1.54) is 31.6 Å². The van der Waals surface area contributed by atoms with Crippen LogP contribution in [0.3, 0.4) is 0 Å². The van der Waals surface area contributed by atoms with Gasteiger partial charge in [-0.25, -0.2) is 4.98 Å². The summed E-state index contributed by atoms with van der Waals surface area (Å²) in [5.74, 6) is -0.937. The minimum absolute atomic E-state index is 0.00295. The number of ether oxygens (including phenoxy) is 1. The first-order chi connectivity index (χ1) is 13.5. The first kappa shape index (κ1) is 18.6. The summed E-state index contributed by atoms with van der Waals surface area (Å²) in [5.41, 5.74) is -0.158. The monoisotopic (exact) mass is 381 g/mol. The zero-order valence-corrected chi connectivity index (χ0v) is 14.6. The fourth-order valence-electron chi connectivity index (χ4n) is 2.49. The molecule has 0 aliphatic heterocycles. The minimum Gasteiger partial charge on any atom is -0.495 e. The summed E-state index contributed by atoms with van der Waals surface area (Å²) in [6.07, 6.45) is 1.19. The number of carbonyl (C=O) groups excluding carboxylic acids is 2. The molecule has 0 unspecified atom stereocenters. The molecule has 10 heteroatoms. The molecule has 3 aromatic rings. The first-order valence-electron chi connectivity index (χ1n) is 8.03. The van der Waals surface area contributed by atoms with E-state index < -0.39 is 16.7 Å². The van der Waals surface area contributed by atoms with Gasteiger partial charge >= 0.3 is 0 Å². The standard InChI is InChI=1S/C18H15N5O5/c1-28-14-9-5-3-7-12(14)22-18(25)16-15(19-10-20-16)17(24)21-11-6-2-4-8-13(11)23(26)27/h2-10H,1H3,(H,19,20)(H,21,24)(H,22,25). The van der Waals surface area contributed by atoms with Crippen molar-refractivity contribution in [2.45, 2.75) is 0 Å². The Morgan fingerprint density at radius 1 is 1.04 bits per heavy atom. The molecule has 2 aromatic carbocycles. The van der Waals surface area contributed by atoms with Crippen LogP contribution < -0.4 is 15.4 Å². The molecule has 0 bridgehead atoms. The van der Waals surface area contributed by atoms with Gasteiger partial charge in [0, 0.05) is 6.07 Å². The van der Waals surface area contributed by atoms with Gasteiger partial charge in [0.2, 0.25) is 0 Å². The number of aromatic amines is 1. The number of carbonyl (C=O) groups is 2. The molecule has 0 fully saturated rings. The quantitative estimate of drug-likeness (QED) is 0.443. The molecule has 142 valence electrons. The molecule has 2 amide bonds. The molecule has 0 aliphatic rings. The maximum absolute atomic E-state index is 12.6. The van der Waals surface area contributed by atoms with Gasteiger partial charge in [0.05, 0.1) is 24.0 Å². The number of rotatable bonds is 6. The van der Waals surface area contributed by atoms with E-state index in [0.717, 1.165) is 0 Å². The molecule has 3 rings (SSSR count). The summed E-state index contributed by atoms with van der Waals surface area (Å²) in [7, 11) is 1.46. The second-order valence-corrected chi connectivity index (χ2v) is 5.51. The zero-order valence-electron chi connectivity index (χ0n) is 14.6. The third kappa shape index (κ3) is 3.80. The summed E-state index contributed by atoms with van der Waals surface area (Å²) < 4.78 is 5.17. The van der Waals surface area contributed by atoms with Crippen molar-refractivity contribution in [1.29, 1.82) is 0 Å². The van der Waals surface area contributed by atoms with Crippen molar-refractivity contribution < 1.29 is 19.2 Å². The lowest BCUT2D eigenvalue weighted by Gasteiger charge is -2.10. The second kappa shape index (κ2) is 7.99. The average Bonchev–Trinajstić information content (AvgIpc) is 3.19. The Bertz CT molecular complexity index is 1050. The highest BCUT2D eigenvalue weighted by atomic mass is 16.6. The SMILES string of the molecule is COc1ccccc1NC(=O)c1nc[nH]c1C(=O)Nc1ccccc1[N+](=O)[O-]. The Kier molecular flexibility index (Phi) is 5.30. The fraction of sp³-hybridized carbons (Fsp3) is 0.0556. The van der Waals surface area contributed by atoms with E-state index in [1.807, 2.05) is 0 Å². The van der Waals surface area contributed by atoms with Gasteiger partial charge in [-0.1, -0.05) is 24.3 Å². The molecular weight excluding hydrogens is 366 g/mol. The van der Waals surface area contributed by atoms with Crippen LogP contribution in [0.2, 0.25) is 0 Å². The number of nitrogens with zero attached hydrogens (tertiary/aromatic N) is 2. The number of H-pyrrole nitrogens is 1. The summed E-state index contributed by atoms with van der Waals surface area (Å²) in [6, 6.07) is 12.4. The highest BCUT2D eigenvalue weighted by Crippen LogP contribution is 2.25. The molecule has 3 N–H and O–H groups in total. The molecule has 0 aliphatic carbocycles. The number of methoxy groups -OCH3 is 1. The van der Waals surface area contributed by atoms with E-state index in [-0.39, 0.29) is 22.8 Å². The third-order valence-corrected chi connectivity index (χ3v) is 3.79. The summed E-state index contributed by atoms with van der Waals surface area (Å²) in [4.78, 5) is 42.0. The fourth-order valence-corrected chi connectivity index (χ4v) is 2.49. The van der Waals surface area contributed by atoms with Crippen LogP contribution in [0.1, 0.15) is 21.0 Å². The van der Waals surface area contributed by atoms with Crippen LogP contribution in [-0.4, -0.2) is 33.8 Å². The smallest absolute Gasteiger partial charge is 0.292 e. The van der Waals surface area contributed by atoms with Crippen molar-refractivity contribution >= 4 is 28.9 Å². The number of anilines is 2. The molecular formula is C18H15N5O5. The number of nitro groups is 1. The largest absolute Gasteiger partial charge is 0.495 e. The van der Waals surface area contributed by atoms with Crippen LogP contribution in [0, 0.1) is 10.1 Å². The zero-order chi connectivity index (χ0) is 20.1. The summed E-state index contributed by atoms with van der Waals surface area (Å²) in [6.45, 7) is 0. The number of nitro benzene ring substituents is 1. The maximum atomic E-state index is 12.6. The Morgan fingerprint density at radius 3 is 2.39 bits per heavy atom. The number of hydrogen-bond acceptors (Lipinski definition) is 6. The Balaban J connectivity index is 1.82. The molecule has 10 nitrogen and oxygen atoms in total. The molecule has 1 heterocycles. The summed E-state index contributed by atoms with van der Waals surface area (Å²) in [5, 5.41) is 16.1. The Labute approximate surface area is 158 Å². The van der Waals surface area contributed by atoms with Crippen LogP contribution in [-0.2, 0) is 0 Å². The lowest BCUT2D eigenvalue weighted by Crippen LogP contribution is -2.21. The molecule has 0 saturated heterocycles.